The first-order valence-corrected chi connectivity index (χ1v) is 12.9. The number of carbonyl (C=O) groups is 2. The molecule has 4 rings (SSSR count). The monoisotopic (exact) mass is 499 g/mol. The number of amides is 1. The van der Waals surface area contributed by atoms with E-state index < -0.39 is 16.0 Å². The maximum atomic E-state index is 13.3. The van der Waals surface area contributed by atoms with Gasteiger partial charge in [-0.15, -0.1) is 0 Å². The van der Waals surface area contributed by atoms with Gasteiger partial charge in [0, 0.05) is 48.7 Å². The van der Waals surface area contributed by atoms with E-state index in [1.54, 1.807) is 53.2 Å². The van der Waals surface area contributed by atoms with E-state index in [0.29, 0.717) is 29.8 Å². The Labute approximate surface area is 204 Å². The number of sulfonamides is 1. The van der Waals surface area contributed by atoms with Crippen LogP contribution in [-0.2, 0) is 21.4 Å². The molecule has 1 atom stereocenters. The number of nitrogens with one attached hydrogen (secondary N) is 1. The van der Waals surface area contributed by atoms with Gasteiger partial charge in [0.1, 0.15) is 12.3 Å². The molecule has 186 valence electrons. The van der Waals surface area contributed by atoms with Crippen LogP contribution in [0.5, 0.6) is 5.75 Å². The van der Waals surface area contributed by atoms with Crippen LogP contribution in [0.3, 0.4) is 0 Å². The molecule has 3 aromatic rings. The van der Waals surface area contributed by atoms with Crippen LogP contribution in [0.2, 0.25) is 0 Å². The molecular formula is C25H29N3O6S. The molecule has 0 saturated carbocycles. The van der Waals surface area contributed by atoms with Gasteiger partial charge in [0.25, 0.3) is 5.91 Å². The van der Waals surface area contributed by atoms with Gasteiger partial charge in [-0.05, 0) is 62.2 Å². The third-order valence-corrected chi connectivity index (χ3v) is 8.01. The Bertz CT molecular complexity index is 1360. The van der Waals surface area contributed by atoms with Crippen LogP contribution in [0.15, 0.2) is 53.6 Å². The first-order valence-electron chi connectivity index (χ1n) is 11.4. The normalized spacial score (nSPS) is 16.6. The predicted octanol–water partition coefficient (Wildman–Crippen LogP) is 3.05. The highest BCUT2D eigenvalue weighted by atomic mass is 32.2. The van der Waals surface area contributed by atoms with Gasteiger partial charge in [0.15, 0.2) is 0 Å². The van der Waals surface area contributed by atoms with E-state index in [1.807, 2.05) is 13.8 Å². The molecule has 2 aromatic carbocycles. The number of carbonyl (C=O) groups excluding carboxylic acids is 1. The summed E-state index contributed by atoms with van der Waals surface area (Å²) in [4.78, 5) is 23.7. The summed E-state index contributed by atoms with van der Waals surface area (Å²) in [5, 5.41) is 12.8. The number of hydrogen-bond donors (Lipinski definition) is 2. The third kappa shape index (κ3) is 5.03. The minimum atomic E-state index is -3.69. The molecule has 1 saturated heterocycles. The number of hydrogen-bond acceptors (Lipinski definition) is 5. The lowest BCUT2D eigenvalue weighted by Crippen LogP contribution is -2.28. The first kappa shape index (κ1) is 24.7. The second kappa shape index (κ2) is 9.71. The van der Waals surface area contributed by atoms with Crippen LogP contribution in [0, 0.1) is 0 Å². The molecule has 1 unspecified atom stereocenters. The zero-order chi connectivity index (χ0) is 25.3. The van der Waals surface area contributed by atoms with Crippen molar-refractivity contribution in [3.63, 3.8) is 0 Å². The average molecular weight is 500 g/mol. The van der Waals surface area contributed by atoms with Crippen LogP contribution in [0.4, 0.5) is 0 Å². The zero-order valence-electron chi connectivity index (χ0n) is 19.9. The molecule has 1 aliphatic rings. The van der Waals surface area contributed by atoms with Crippen molar-refractivity contribution in [2.45, 2.75) is 43.7 Å². The molecule has 2 N–H and O–H groups in total. The van der Waals surface area contributed by atoms with Crippen LogP contribution in [-0.4, -0.2) is 60.5 Å². The van der Waals surface area contributed by atoms with Crippen molar-refractivity contribution in [2.75, 3.05) is 20.1 Å². The number of rotatable bonds is 8. The summed E-state index contributed by atoms with van der Waals surface area (Å²) >= 11 is 0. The molecule has 1 amide bonds. The number of fused-ring (bicyclic) bond motifs is 1. The van der Waals surface area contributed by atoms with Crippen molar-refractivity contribution >= 4 is 32.8 Å². The second-order valence-corrected chi connectivity index (χ2v) is 10.8. The highest BCUT2D eigenvalue weighted by Crippen LogP contribution is 2.36. The minimum Gasteiger partial charge on any atom is -0.491 e. The van der Waals surface area contributed by atoms with Crippen LogP contribution in [0.25, 0.3) is 10.9 Å². The summed E-state index contributed by atoms with van der Waals surface area (Å²) in [5.74, 6) is -0.754. The van der Waals surface area contributed by atoms with Gasteiger partial charge in [-0.3, -0.25) is 9.59 Å². The fourth-order valence-corrected chi connectivity index (χ4v) is 6.02. The van der Waals surface area contributed by atoms with Gasteiger partial charge in [-0.25, -0.2) is 8.42 Å². The molecule has 35 heavy (non-hydrogen) atoms. The molecule has 0 aliphatic carbocycles. The highest BCUT2D eigenvalue weighted by molar-refractivity contribution is 7.89. The smallest absolute Gasteiger partial charge is 0.323 e. The van der Waals surface area contributed by atoms with E-state index >= 15 is 0 Å². The highest BCUT2D eigenvalue weighted by Gasteiger charge is 2.34. The summed E-state index contributed by atoms with van der Waals surface area (Å²) in [5.41, 5.74) is 1.94. The average Bonchev–Trinajstić information content (AvgIpc) is 3.44. The SMILES string of the molecule is CNC(=O)c1ccc2c(C3CCN(S(=O)(=O)c4ccc(OC(C)C)cc4)C3)cn(CC(=O)O)c2c1. The Morgan fingerprint density at radius 3 is 2.51 bits per heavy atom. The van der Waals surface area contributed by atoms with Gasteiger partial charge in [0.05, 0.1) is 11.0 Å². The van der Waals surface area contributed by atoms with Crippen molar-refractivity contribution < 1.29 is 27.9 Å². The minimum absolute atomic E-state index is 0.00695. The first-order chi connectivity index (χ1) is 16.6. The number of ether oxygens (including phenoxy) is 1. The maximum Gasteiger partial charge on any atom is 0.323 e. The topological polar surface area (TPSA) is 118 Å². The zero-order valence-corrected chi connectivity index (χ0v) is 20.7. The van der Waals surface area contributed by atoms with Crippen LogP contribution < -0.4 is 10.1 Å². The van der Waals surface area contributed by atoms with E-state index in [1.165, 1.54) is 11.4 Å². The van der Waals surface area contributed by atoms with Crippen molar-refractivity contribution in [2.24, 2.45) is 0 Å². The Morgan fingerprint density at radius 2 is 1.89 bits per heavy atom. The van der Waals surface area contributed by atoms with E-state index in [2.05, 4.69) is 5.32 Å². The Morgan fingerprint density at radius 1 is 1.17 bits per heavy atom. The molecule has 0 bridgehead atoms. The van der Waals surface area contributed by atoms with Gasteiger partial charge >= 0.3 is 5.97 Å². The van der Waals surface area contributed by atoms with E-state index in [4.69, 9.17) is 4.74 Å². The van der Waals surface area contributed by atoms with Gasteiger partial charge < -0.3 is 19.7 Å². The van der Waals surface area contributed by atoms with E-state index in [0.717, 1.165) is 10.9 Å². The molecule has 1 aliphatic heterocycles. The molecule has 9 nitrogen and oxygen atoms in total. The lowest BCUT2D eigenvalue weighted by Gasteiger charge is -2.17. The molecule has 0 spiro atoms. The Hall–Kier alpha value is -3.37. The lowest BCUT2D eigenvalue weighted by atomic mass is 9.97. The quantitative estimate of drug-likeness (QED) is 0.492. The number of aliphatic carboxylic acids is 1. The summed E-state index contributed by atoms with van der Waals surface area (Å²) in [6.45, 7) is 4.20. The summed E-state index contributed by atoms with van der Waals surface area (Å²) < 4.78 is 35.2. The molecule has 1 fully saturated rings. The Kier molecular flexibility index (Phi) is 6.86. The van der Waals surface area contributed by atoms with Gasteiger partial charge in [-0.2, -0.15) is 4.31 Å². The number of carboxylic acids is 1. The summed E-state index contributed by atoms with van der Waals surface area (Å²) in [7, 11) is -2.15. The molecule has 10 heteroatoms. The van der Waals surface area contributed by atoms with E-state index in [-0.39, 0.29) is 35.9 Å². The Balaban J connectivity index is 1.62. The van der Waals surface area contributed by atoms with Crippen molar-refractivity contribution in [1.29, 1.82) is 0 Å². The van der Waals surface area contributed by atoms with Gasteiger partial charge in [0.2, 0.25) is 10.0 Å². The molecular weight excluding hydrogens is 470 g/mol. The van der Waals surface area contributed by atoms with Gasteiger partial charge in [-0.1, -0.05) is 6.07 Å². The largest absolute Gasteiger partial charge is 0.491 e. The fourth-order valence-electron chi connectivity index (χ4n) is 4.52. The predicted molar refractivity (Wildman–Crippen MR) is 131 cm³/mol. The number of benzene rings is 2. The summed E-state index contributed by atoms with van der Waals surface area (Å²) in [6, 6.07) is 11.6. The number of nitrogens with zero attached hydrogens (tertiary/aromatic N) is 2. The third-order valence-electron chi connectivity index (χ3n) is 6.13. The standard InChI is InChI=1S/C25H29N3O6S/c1-16(2)34-19-5-7-20(8-6-19)35(32,33)28-11-10-18(13-28)22-14-27(15-24(29)30)23-12-17(25(31)26-3)4-9-21(22)23/h4-9,12,14,16,18H,10-11,13,15H2,1-3H3,(H,26,31)(H,29,30). The lowest BCUT2D eigenvalue weighted by molar-refractivity contribution is -0.137. The fraction of sp³-hybridized carbons (Fsp3) is 0.360. The van der Waals surface area contributed by atoms with Crippen molar-refractivity contribution in [3.8, 4) is 5.75 Å². The number of carboxylic acid groups (broad SMARTS) is 1. The molecule has 0 radical (unpaired) electrons. The summed E-state index contributed by atoms with van der Waals surface area (Å²) in [6.07, 6.45) is 2.37. The molecule has 1 aromatic heterocycles. The van der Waals surface area contributed by atoms with Crippen molar-refractivity contribution in [1.82, 2.24) is 14.2 Å². The maximum absolute atomic E-state index is 13.3. The van der Waals surface area contributed by atoms with E-state index in [9.17, 15) is 23.1 Å². The number of aromatic nitrogens is 1. The van der Waals surface area contributed by atoms with Crippen molar-refractivity contribution in [3.05, 3.63) is 59.8 Å². The van der Waals surface area contributed by atoms with Crippen LogP contribution >= 0.6 is 0 Å². The molecule has 2 heterocycles. The van der Waals surface area contributed by atoms with Crippen LogP contribution in [0.1, 0.15) is 42.1 Å². The second-order valence-electron chi connectivity index (χ2n) is 8.90.